The Morgan fingerprint density at radius 2 is 1.95 bits per heavy atom. The van der Waals surface area contributed by atoms with Crippen molar-refractivity contribution < 1.29 is 22.7 Å². The number of rotatable bonds is 4. The molecule has 3 rings (SSSR count). The first-order chi connectivity index (χ1) is 10.4. The molecular weight excluding hydrogens is 295 g/mol. The van der Waals surface area contributed by atoms with Crippen molar-refractivity contribution >= 4 is 5.91 Å². The molecule has 2 aliphatic rings. The summed E-state index contributed by atoms with van der Waals surface area (Å²) in [6.07, 6.45) is -2.22. The van der Waals surface area contributed by atoms with Gasteiger partial charge in [-0.2, -0.15) is 13.2 Å². The molecule has 1 aromatic rings. The number of benzene rings is 1. The fourth-order valence-electron chi connectivity index (χ4n) is 2.96. The number of carbonyl (C=O) groups excluding carboxylic acids is 1. The molecule has 3 nitrogen and oxygen atoms in total. The Morgan fingerprint density at radius 1 is 1.23 bits per heavy atom. The van der Waals surface area contributed by atoms with Crippen molar-refractivity contribution in [3.05, 3.63) is 29.8 Å². The number of nitrogens with zero attached hydrogens (tertiary/aromatic N) is 1. The lowest BCUT2D eigenvalue weighted by atomic mass is 9.90. The molecule has 0 saturated heterocycles. The molecule has 1 aromatic carbocycles. The molecule has 1 heterocycles. The summed E-state index contributed by atoms with van der Waals surface area (Å²) >= 11 is 0. The third-order valence-electron chi connectivity index (χ3n) is 4.16. The number of fused-ring (bicyclic) bond motifs is 1. The molecule has 0 N–H and O–H groups in total. The number of amides is 1. The third-order valence-corrected chi connectivity index (χ3v) is 4.16. The predicted octanol–water partition coefficient (Wildman–Crippen LogP) is 3.50. The van der Waals surface area contributed by atoms with Gasteiger partial charge in [-0.05, 0) is 36.8 Å². The Balaban J connectivity index is 1.71. The Hall–Kier alpha value is -1.72. The van der Waals surface area contributed by atoms with Gasteiger partial charge in [0.2, 0.25) is 5.91 Å². The van der Waals surface area contributed by atoms with E-state index in [1.807, 2.05) is 24.3 Å². The number of ether oxygens (including phenoxy) is 1. The number of halogens is 3. The number of hydrogen-bond donors (Lipinski definition) is 0. The van der Waals surface area contributed by atoms with Crippen molar-refractivity contribution in [2.24, 2.45) is 0 Å². The Labute approximate surface area is 127 Å². The topological polar surface area (TPSA) is 29.5 Å². The van der Waals surface area contributed by atoms with Crippen LogP contribution >= 0.6 is 0 Å². The molecule has 0 radical (unpaired) electrons. The molecule has 1 aliphatic carbocycles. The summed E-state index contributed by atoms with van der Waals surface area (Å²) in [7, 11) is 0. The zero-order valence-electron chi connectivity index (χ0n) is 12.1. The zero-order valence-corrected chi connectivity index (χ0v) is 12.1. The SMILES string of the molecule is O=C(C[C@H]1CCOc2ccccc21)N(CC(F)(F)F)C1CC1. The van der Waals surface area contributed by atoms with Crippen molar-refractivity contribution in [3.8, 4) is 5.75 Å². The molecule has 22 heavy (non-hydrogen) atoms. The summed E-state index contributed by atoms with van der Waals surface area (Å²) in [5.41, 5.74) is 0.921. The van der Waals surface area contributed by atoms with Gasteiger partial charge in [0.15, 0.2) is 0 Å². The maximum absolute atomic E-state index is 12.7. The lowest BCUT2D eigenvalue weighted by molar-refractivity contribution is -0.162. The van der Waals surface area contributed by atoms with E-state index in [1.165, 1.54) is 0 Å². The minimum Gasteiger partial charge on any atom is -0.493 e. The van der Waals surface area contributed by atoms with Crippen LogP contribution in [0.15, 0.2) is 24.3 Å². The normalized spacial score (nSPS) is 21.0. The first-order valence-corrected chi connectivity index (χ1v) is 7.52. The molecule has 0 unspecified atom stereocenters. The van der Waals surface area contributed by atoms with Gasteiger partial charge in [0.25, 0.3) is 0 Å². The molecule has 0 bridgehead atoms. The zero-order chi connectivity index (χ0) is 15.7. The number of carbonyl (C=O) groups is 1. The quantitative estimate of drug-likeness (QED) is 0.851. The summed E-state index contributed by atoms with van der Waals surface area (Å²) in [5.74, 6) is 0.272. The minimum atomic E-state index is -4.34. The van der Waals surface area contributed by atoms with Crippen LogP contribution in [0.3, 0.4) is 0 Å². The second-order valence-corrected chi connectivity index (χ2v) is 5.94. The molecule has 0 spiro atoms. The molecule has 1 amide bonds. The van der Waals surface area contributed by atoms with Crippen LogP contribution in [0.25, 0.3) is 0 Å². The fourth-order valence-corrected chi connectivity index (χ4v) is 2.96. The first kappa shape index (κ1) is 15.2. The van der Waals surface area contributed by atoms with E-state index in [9.17, 15) is 18.0 Å². The lowest BCUT2D eigenvalue weighted by Gasteiger charge is -2.29. The highest BCUT2D eigenvalue weighted by Crippen LogP contribution is 2.37. The molecule has 1 aliphatic heterocycles. The van der Waals surface area contributed by atoms with Crippen molar-refractivity contribution in [2.75, 3.05) is 13.2 Å². The van der Waals surface area contributed by atoms with E-state index in [0.717, 1.165) is 16.2 Å². The second-order valence-electron chi connectivity index (χ2n) is 5.94. The number of hydrogen-bond acceptors (Lipinski definition) is 2. The van der Waals surface area contributed by atoms with Crippen molar-refractivity contribution in [2.45, 2.75) is 43.8 Å². The van der Waals surface area contributed by atoms with Gasteiger partial charge in [0.05, 0.1) is 6.61 Å². The van der Waals surface area contributed by atoms with Crippen LogP contribution in [0.1, 0.15) is 37.2 Å². The van der Waals surface area contributed by atoms with Crippen LogP contribution in [0, 0.1) is 0 Å². The predicted molar refractivity (Wildman–Crippen MR) is 74.7 cm³/mol. The summed E-state index contributed by atoms with van der Waals surface area (Å²) < 4.78 is 43.5. The third kappa shape index (κ3) is 3.54. The molecule has 0 aromatic heterocycles. The van der Waals surface area contributed by atoms with Gasteiger partial charge in [-0.3, -0.25) is 4.79 Å². The molecular formula is C16H18F3NO2. The summed E-state index contributed by atoms with van der Waals surface area (Å²) in [5, 5.41) is 0. The van der Waals surface area contributed by atoms with E-state index in [-0.39, 0.29) is 18.4 Å². The van der Waals surface area contributed by atoms with Crippen LogP contribution in [-0.4, -0.2) is 36.2 Å². The summed E-state index contributed by atoms with van der Waals surface area (Å²) in [4.78, 5) is 13.4. The smallest absolute Gasteiger partial charge is 0.406 e. The highest BCUT2D eigenvalue weighted by Gasteiger charge is 2.41. The fraction of sp³-hybridized carbons (Fsp3) is 0.562. The Bertz CT molecular complexity index is 555. The van der Waals surface area contributed by atoms with Gasteiger partial charge < -0.3 is 9.64 Å². The van der Waals surface area contributed by atoms with E-state index in [2.05, 4.69) is 0 Å². The highest BCUT2D eigenvalue weighted by molar-refractivity contribution is 5.78. The monoisotopic (exact) mass is 313 g/mol. The van der Waals surface area contributed by atoms with E-state index in [1.54, 1.807) is 0 Å². The van der Waals surface area contributed by atoms with Gasteiger partial charge >= 0.3 is 6.18 Å². The summed E-state index contributed by atoms with van der Waals surface area (Å²) in [6.45, 7) is -0.640. The molecule has 1 fully saturated rings. The van der Waals surface area contributed by atoms with E-state index >= 15 is 0 Å². The molecule has 1 saturated carbocycles. The Kier molecular flexibility index (Phi) is 4.02. The van der Waals surface area contributed by atoms with Crippen LogP contribution in [0.5, 0.6) is 5.75 Å². The van der Waals surface area contributed by atoms with Crippen LogP contribution < -0.4 is 4.74 Å². The average Bonchev–Trinajstić information content (AvgIpc) is 3.29. The highest BCUT2D eigenvalue weighted by atomic mass is 19.4. The average molecular weight is 313 g/mol. The van der Waals surface area contributed by atoms with Gasteiger partial charge in [-0.1, -0.05) is 18.2 Å². The van der Waals surface area contributed by atoms with Gasteiger partial charge in [-0.25, -0.2) is 0 Å². The van der Waals surface area contributed by atoms with Crippen molar-refractivity contribution in [3.63, 3.8) is 0 Å². The lowest BCUT2D eigenvalue weighted by Crippen LogP contribution is -2.41. The Morgan fingerprint density at radius 3 is 2.64 bits per heavy atom. The van der Waals surface area contributed by atoms with Crippen LogP contribution in [-0.2, 0) is 4.79 Å². The van der Waals surface area contributed by atoms with Crippen molar-refractivity contribution in [1.29, 1.82) is 0 Å². The van der Waals surface area contributed by atoms with Gasteiger partial charge in [0, 0.05) is 12.5 Å². The largest absolute Gasteiger partial charge is 0.493 e. The maximum Gasteiger partial charge on any atom is 0.406 e. The second kappa shape index (κ2) is 5.82. The van der Waals surface area contributed by atoms with E-state index in [4.69, 9.17) is 4.74 Å². The standard InChI is InChI=1S/C16H18F3NO2/c17-16(18,19)10-20(12-5-6-12)15(21)9-11-7-8-22-14-4-2-1-3-13(11)14/h1-4,11-12H,5-10H2/t11-/m1/s1. The van der Waals surface area contributed by atoms with E-state index < -0.39 is 18.6 Å². The van der Waals surface area contributed by atoms with Gasteiger partial charge in [0.1, 0.15) is 12.3 Å². The number of para-hydroxylation sites is 1. The van der Waals surface area contributed by atoms with E-state index in [0.29, 0.717) is 25.9 Å². The number of alkyl halides is 3. The molecule has 120 valence electrons. The summed E-state index contributed by atoms with van der Waals surface area (Å²) in [6, 6.07) is 7.20. The van der Waals surface area contributed by atoms with Crippen LogP contribution in [0.2, 0.25) is 0 Å². The minimum absolute atomic E-state index is 0.0630. The first-order valence-electron chi connectivity index (χ1n) is 7.52. The maximum atomic E-state index is 12.7. The van der Waals surface area contributed by atoms with Crippen LogP contribution in [0.4, 0.5) is 13.2 Å². The molecule has 6 heteroatoms. The molecule has 1 atom stereocenters. The van der Waals surface area contributed by atoms with Gasteiger partial charge in [-0.15, -0.1) is 0 Å². The van der Waals surface area contributed by atoms with Crippen molar-refractivity contribution in [1.82, 2.24) is 4.90 Å².